The number of aromatic amines is 1. The molecule has 0 radical (unpaired) electrons. The number of nitrogens with one attached hydrogen (secondary N) is 1. The quantitative estimate of drug-likeness (QED) is 0.750. The van der Waals surface area contributed by atoms with Crippen molar-refractivity contribution in [3.63, 3.8) is 0 Å². The van der Waals surface area contributed by atoms with Gasteiger partial charge in [0, 0.05) is 13.6 Å². The Morgan fingerprint density at radius 3 is 3.12 bits per heavy atom. The van der Waals surface area contributed by atoms with Crippen LogP contribution >= 0.6 is 12.2 Å². The molecule has 3 rings (SSSR count). The molecule has 0 spiro atoms. The van der Waals surface area contributed by atoms with Crippen LogP contribution < -0.4 is 4.90 Å². The minimum absolute atomic E-state index is 0.388. The highest BCUT2D eigenvalue weighted by atomic mass is 32.1. The first-order chi connectivity index (χ1) is 7.77. The number of fused-ring (bicyclic) bond motifs is 1. The third-order valence-electron chi connectivity index (χ3n) is 3.60. The molecule has 1 aromatic rings. The number of hydrogen-bond donors (Lipinski definition) is 1. The maximum absolute atomic E-state index is 5.79. The van der Waals surface area contributed by atoms with Crippen LogP contribution in [-0.4, -0.2) is 40.1 Å². The first-order valence-corrected chi connectivity index (χ1v) is 6.18. The predicted octanol–water partition coefficient (Wildman–Crippen LogP) is 1.24. The minimum atomic E-state index is 0.388. The van der Waals surface area contributed by atoms with Crippen LogP contribution in [0, 0.1) is 4.77 Å². The molecule has 1 aromatic heterocycles. The summed E-state index contributed by atoms with van der Waals surface area (Å²) in [5.41, 5.74) is 0. The zero-order valence-corrected chi connectivity index (χ0v) is 10.2. The second-order valence-electron chi connectivity index (χ2n) is 4.49. The van der Waals surface area contributed by atoms with Gasteiger partial charge in [0.15, 0.2) is 4.77 Å². The molecule has 2 atom stereocenters. The molecule has 1 N–H and O–H groups in total. The number of anilines is 1. The molecule has 0 amide bonds. The molecule has 1 saturated heterocycles. The van der Waals surface area contributed by atoms with Gasteiger partial charge in [-0.25, -0.2) is 5.10 Å². The lowest BCUT2D eigenvalue weighted by molar-refractivity contribution is 0.0247. The van der Waals surface area contributed by atoms with Gasteiger partial charge < -0.3 is 9.64 Å². The molecule has 1 saturated carbocycles. The van der Waals surface area contributed by atoms with Crippen LogP contribution in [-0.2, 0) is 11.8 Å². The van der Waals surface area contributed by atoms with E-state index in [0.717, 1.165) is 19.1 Å². The average Bonchev–Trinajstić information content (AvgIpc) is 2.87. The largest absolute Gasteiger partial charge is 0.374 e. The molecule has 0 bridgehead atoms. The van der Waals surface area contributed by atoms with Gasteiger partial charge in [0.05, 0.1) is 18.8 Å². The van der Waals surface area contributed by atoms with Gasteiger partial charge in [-0.05, 0) is 31.5 Å². The molecule has 2 unspecified atom stereocenters. The van der Waals surface area contributed by atoms with E-state index in [-0.39, 0.29) is 0 Å². The van der Waals surface area contributed by atoms with Crippen molar-refractivity contribution in [1.82, 2.24) is 14.8 Å². The van der Waals surface area contributed by atoms with Crippen molar-refractivity contribution >= 4 is 18.2 Å². The van der Waals surface area contributed by atoms with Crippen LogP contribution in [0.5, 0.6) is 0 Å². The molecule has 2 fully saturated rings. The van der Waals surface area contributed by atoms with Gasteiger partial charge in [-0.3, -0.25) is 4.57 Å². The molecular weight excluding hydrogens is 224 g/mol. The number of H-pyrrole nitrogens is 1. The standard InChI is InChI=1S/C10H16N4OS/c1-13-9(11-12-10(13)16)14-5-6-15-8-4-2-3-7(8)14/h7-8H,2-6H2,1H3,(H,12,16). The van der Waals surface area contributed by atoms with E-state index in [4.69, 9.17) is 17.0 Å². The van der Waals surface area contributed by atoms with Crippen molar-refractivity contribution in [3.8, 4) is 0 Å². The summed E-state index contributed by atoms with van der Waals surface area (Å²) in [6, 6.07) is 0.484. The van der Waals surface area contributed by atoms with E-state index in [1.165, 1.54) is 19.3 Å². The second-order valence-corrected chi connectivity index (χ2v) is 4.88. The van der Waals surface area contributed by atoms with Crippen molar-refractivity contribution in [2.75, 3.05) is 18.1 Å². The molecule has 5 nitrogen and oxygen atoms in total. The van der Waals surface area contributed by atoms with Crippen LogP contribution in [0.15, 0.2) is 0 Å². The first-order valence-electron chi connectivity index (χ1n) is 5.77. The molecule has 6 heteroatoms. The summed E-state index contributed by atoms with van der Waals surface area (Å²) in [5.74, 6) is 0.949. The maximum atomic E-state index is 5.79. The first kappa shape index (κ1) is 10.3. The molecule has 2 heterocycles. The Bertz CT molecular complexity index is 440. The van der Waals surface area contributed by atoms with Gasteiger partial charge in [-0.2, -0.15) is 0 Å². The third-order valence-corrected chi connectivity index (χ3v) is 3.96. The van der Waals surface area contributed by atoms with Crippen molar-refractivity contribution in [1.29, 1.82) is 0 Å². The fourth-order valence-electron chi connectivity index (χ4n) is 2.77. The Hall–Kier alpha value is -0.880. The Kier molecular flexibility index (Phi) is 2.48. The molecule has 0 aromatic carbocycles. The fourth-order valence-corrected chi connectivity index (χ4v) is 2.90. The van der Waals surface area contributed by atoms with Gasteiger partial charge >= 0.3 is 0 Å². The number of morpholine rings is 1. The summed E-state index contributed by atoms with van der Waals surface area (Å²) in [6.45, 7) is 1.70. The van der Waals surface area contributed by atoms with Crippen molar-refractivity contribution in [3.05, 3.63) is 4.77 Å². The Labute approximate surface area is 99.4 Å². The summed E-state index contributed by atoms with van der Waals surface area (Å²) in [5, 5.41) is 7.16. The smallest absolute Gasteiger partial charge is 0.225 e. The van der Waals surface area contributed by atoms with Gasteiger partial charge in [0.25, 0.3) is 0 Å². The second kappa shape index (κ2) is 3.85. The summed E-state index contributed by atoms with van der Waals surface area (Å²) < 4.78 is 8.40. The van der Waals surface area contributed by atoms with Crippen LogP contribution in [0.4, 0.5) is 5.95 Å². The van der Waals surface area contributed by atoms with E-state index in [2.05, 4.69) is 15.1 Å². The molecule has 88 valence electrons. The highest BCUT2D eigenvalue weighted by molar-refractivity contribution is 7.71. The summed E-state index contributed by atoms with van der Waals surface area (Å²) in [4.78, 5) is 2.34. The number of hydrogen-bond acceptors (Lipinski definition) is 4. The zero-order chi connectivity index (χ0) is 11.1. The van der Waals surface area contributed by atoms with Crippen molar-refractivity contribution < 1.29 is 4.74 Å². The summed E-state index contributed by atoms with van der Waals surface area (Å²) in [7, 11) is 1.96. The van der Waals surface area contributed by atoms with E-state index in [1.807, 2.05) is 11.6 Å². The van der Waals surface area contributed by atoms with Crippen molar-refractivity contribution in [2.24, 2.45) is 7.05 Å². The Morgan fingerprint density at radius 1 is 1.50 bits per heavy atom. The van der Waals surface area contributed by atoms with Crippen LogP contribution in [0.2, 0.25) is 0 Å². The average molecular weight is 240 g/mol. The molecule has 2 aliphatic rings. The number of nitrogens with zero attached hydrogens (tertiary/aromatic N) is 3. The van der Waals surface area contributed by atoms with Gasteiger partial charge in [0.1, 0.15) is 0 Å². The number of ether oxygens (including phenoxy) is 1. The van der Waals surface area contributed by atoms with E-state index >= 15 is 0 Å². The minimum Gasteiger partial charge on any atom is -0.374 e. The zero-order valence-electron chi connectivity index (χ0n) is 9.35. The molecular formula is C10H16N4OS. The highest BCUT2D eigenvalue weighted by Gasteiger charge is 2.37. The van der Waals surface area contributed by atoms with E-state index in [1.54, 1.807) is 0 Å². The van der Waals surface area contributed by atoms with Crippen LogP contribution in [0.1, 0.15) is 19.3 Å². The highest BCUT2D eigenvalue weighted by Crippen LogP contribution is 2.31. The Balaban J connectivity index is 1.93. The normalized spacial score (nSPS) is 29.4. The topological polar surface area (TPSA) is 46.1 Å². The predicted molar refractivity (Wildman–Crippen MR) is 63.1 cm³/mol. The van der Waals surface area contributed by atoms with E-state index < -0.39 is 0 Å². The van der Waals surface area contributed by atoms with Crippen molar-refractivity contribution in [2.45, 2.75) is 31.4 Å². The van der Waals surface area contributed by atoms with Crippen LogP contribution in [0.25, 0.3) is 0 Å². The summed E-state index contributed by atoms with van der Waals surface area (Å²) in [6.07, 6.45) is 4.01. The summed E-state index contributed by atoms with van der Waals surface area (Å²) >= 11 is 5.15. The SMILES string of the molecule is Cn1c(N2CCOC3CCCC32)n[nH]c1=S. The lowest BCUT2D eigenvalue weighted by atomic mass is 10.1. The molecule has 1 aliphatic carbocycles. The molecule has 1 aliphatic heterocycles. The van der Waals surface area contributed by atoms with Gasteiger partial charge in [-0.15, -0.1) is 5.10 Å². The fraction of sp³-hybridized carbons (Fsp3) is 0.800. The van der Waals surface area contributed by atoms with E-state index in [0.29, 0.717) is 16.9 Å². The van der Waals surface area contributed by atoms with Gasteiger partial charge in [-0.1, -0.05) is 0 Å². The monoisotopic (exact) mass is 240 g/mol. The van der Waals surface area contributed by atoms with E-state index in [9.17, 15) is 0 Å². The lowest BCUT2D eigenvalue weighted by Crippen LogP contribution is -2.49. The number of aromatic nitrogens is 3. The Morgan fingerprint density at radius 2 is 2.38 bits per heavy atom. The maximum Gasteiger partial charge on any atom is 0.225 e. The molecule has 16 heavy (non-hydrogen) atoms. The third kappa shape index (κ3) is 1.48. The lowest BCUT2D eigenvalue weighted by Gasteiger charge is -2.37. The number of rotatable bonds is 1. The van der Waals surface area contributed by atoms with Crippen LogP contribution in [0.3, 0.4) is 0 Å². The van der Waals surface area contributed by atoms with Gasteiger partial charge in [0.2, 0.25) is 5.95 Å².